The van der Waals surface area contributed by atoms with Gasteiger partial charge in [0.25, 0.3) is 5.91 Å². The topological polar surface area (TPSA) is 103 Å². The predicted octanol–water partition coefficient (Wildman–Crippen LogP) is 4.75. The van der Waals surface area contributed by atoms with Gasteiger partial charge in [0.15, 0.2) is 0 Å². The van der Waals surface area contributed by atoms with Crippen molar-refractivity contribution in [1.82, 2.24) is 15.5 Å². The van der Waals surface area contributed by atoms with Gasteiger partial charge in [0.1, 0.15) is 6.04 Å². The number of nitrogens with one attached hydrogen (secondary N) is 3. The minimum absolute atomic E-state index is 0.160. The molecule has 0 aromatic heterocycles. The van der Waals surface area contributed by atoms with Gasteiger partial charge in [-0.15, -0.1) is 0 Å². The minimum atomic E-state index is -4.47. The fraction of sp³-hybridized carbons (Fsp3) is 0.344. The maximum absolute atomic E-state index is 13.3. The van der Waals surface area contributed by atoms with Crippen LogP contribution in [-0.4, -0.2) is 74.7 Å². The third-order valence-electron chi connectivity index (χ3n) is 7.69. The summed E-state index contributed by atoms with van der Waals surface area (Å²) in [6.07, 6.45) is -3.40. The third-order valence-corrected chi connectivity index (χ3v) is 7.69. The Bertz CT molecular complexity index is 1460. The maximum atomic E-state index is 13.3. The summed E-state index contributed by atoms with van der Waals surface area (Å²) in [5.41, 5.74) is 2.16. The number of hydrogen-bond donors (Lipinski definition) is 3. The second kappa shape index (κ2) is 13.9. The summed E-state index contributed by atoms with van der Waals surface area (Å²) in [5.74, 6) is -0.445. The lowest BCUT2D eigenvalue weighted by molar-refractivity contribution is -0.137. The first kappa shape index (κ1) is 31.0. The Labute approximate surface area is 253 Å². The molecule has 0 radical (unpaired) electrons. The third kappa shape index (κ3) is 7.74. The van der Waals surface area contributed by atoms with Gasteiger partial charge in [-0.1, -0.05) is 30.3 Å². The highest BCUT2D eigenvalue weighted by atomic mass is 19.4. The second-order valence-electron chi connectivity index (χ2n) is 10.7. The van der Waals surface area contributed by atoms with E-state index in [1.165, 1.54) is 0 Å². The summed E-state index contributed by atoms with van der Waals surface area (Å²) in [6.45, 7) is 4.86. The van der Waals surface area contributed by atoms with E-state index in [0.717, 1.165) is 55.0 Å². The average Bonchev–Trinajstić information content (AvgIpc) is 3.02. The van der Waals surface area contributed by atoms with Crippen LogP contribution >= 0.6 is 0 Å². The normalized spacial score (nSPS) is 17.7. The van der Waals surface area contributed by atoms with Crippen molar-refractivity contribution >= 4 is 29.2 Å². The van der Waals surface area contributed by atoms with Gasteiger partial charge in [0.2, 0.25) is 5.91 Å². The molecule has 0 aliphatic carbocycles. The van der Waals surface area contributed by atoms with Crippen molar-refractivity contribution in [2.24, 2.45) is 0 Å². The molecule has 44 heavy (non-hydrogen) atoms. The van der Waals surface area contributed by atoms with Gasteiger partial charge in [-0.05, 0) is 66.4 Å². The first-order chi connectivity index (χ1) is 21.2. The monoisotopic (exact) mass is 609 g/mol. The molecule has 0 unspecified atom stereocenters. The van der Waals surface area contributed by atoms with E-state index in [1.54, 1.807) is 11.0 Å². The smallest absolute Gasteiger partial charge is 0.379 e. The predicted molar refractivity (Wildman–Crippen MR) is 160 cm³/mol. The molecule has 2 heterocycles. The summed E-state index contributed by atoms with van der Waals surface area (Å²) in [6, 6.07) is 17.3. The molecule has 2 aliphatic rings. The lowest BCUT2D eigenvalue weighted by Gasteiger charge is -2.32. The van der Waals surface area contributed by atoms with E-state index in [9.17, 15) is 27.6 Å². The quantitative estimate of drug-likeness (QED) is 0.342. The molecule has 2 saturated heterocycles. The van der Waals surface area contributed by atoms with Gasteiger partial charge < -0.3 is 25.6 Å². The van der Waals surface area contributed by atoms with Gasteiger partial charge in [-0.25, -0.2) is 4.79 Å². The second-order valence-corrected chi connectivity index (χ2v) is 10.7. The number of alkyl halides is 3. The largest absolute Gasteiger partial charge is 0.416 e. The van der Waals surface area contributed by atoms with Crippen molar-refractivity contribution in [3.05, 3.63) is 83.9 Å². The molecule has 5 rings (SSSR count). The highest BCUT2D eigenvalue weighted by molar-refractivity contribution is 6.02. The molecule has 2 aliphatic heterocycles. The highest BCUT2D eigenvalue weighted by Gasteiger charge is 2.32. The molecule has 0 spiro atoms. The lowest BCUT2D eigenvalue weighted by Crippen LogP contribution is -2.53. The van der Waals surface area contributed by atoms with Crippen molar-refractivity contribution in [2.75, 3.05) is 56.2 Å². The van der Waals surface area contributed by atoms with Crippen LogP contribution in [0.2, 0.25) is 0 Å². The summed E-state index contributed by atoms with van der Waals surface area (Å²) < 4.78 is 43.8. The molecule has 232 valence electrons. The maximum Gasteiger partial charge on any atom is 0.416 e. The van der Waals surface area contributed by atoms with Crippen LogP contribution in [0.5, 0.6) is 0 Å². The molecule has 1 atom stereocenters. The number of ether oxygens (including phenoxy) is 1. The SMILES string of the molecule is O=C(Nc1ccc(C(F)(F)F)cc1)N[C@@H]1CCCN(c2ccc(-c3ccccc3C(=O)NCCN3CCOCC3)cc2)C1=O. The molecular weight excluding hydrogens is 575 g/mol. The Morgan fingerprint density at radius 3 is 2.32 bits per heavy atom. The van der Waals surface area contributed by atoms with Crippen molar-refractivity contribution in [3.8, 4) is 11.1 Å². The lowest BCUT2D eigenvalue weighted by atomic mass is 9.98. The molecule has 3 aromatic carbocycles. The molecular formula is C32H34F3N5O4. The number of amides is 4. The van der Waals surface area contributed by atoms with Crippen molar-refractivity contribution in [3.63, 3.8) is 0 Å². The molecule has 0 bridgehead atoms. The number of carbonyl (C=O) groups is 3. The van der Waals surface area contributed by atoms with E-state index in [4.69, 9.17) is 4.74 Å². The van der Waals surface area contributed by atoms with E-state index in [2.05, 4.69) is 20.9 Å². The number of benzene rings is 3. The fourth-order valence-electron chi connectivity index (χ4n) is 5.33. The average molecular weight is 610 g/mol. The Morgan fingerprint density at radius 2 is 1.61 bits per heavy atom. The Morgan fingerprint density at radius 1 is 0.909 bits per heavy atom. The van der Waals surface area contributed by atoms with Crippen LogP contribution in [0.4, 0.5) is 29.3 Å². The van der Waals surface area contributed by atoms with E-state index in [0.29, 0.717) is 50.4 Å². The number of anilines is 2. The number of urea groups is 1. The number of halogens is 3. The van der Waals surface area contributed by atoms with Crippen LogP contribution in [0.3, 0.4) is 0 Å². The Kier molecular flexibility index (Phi) is 9.81. The van der Waals surface area contributed by atoms with Gasteiger partial charge in [0.05, 0.1) is 18.8 Å². The molecule has 2 fully saturated rings. The molecule has 4 amide bonds. The van der Waals surface area contributed by atoms with Gasteiger partial charge in [-0.3, -0.25) is 14.5 Å². The van der Waals surface area contributed by atoms with Crippen LogP contribution in [0.25, 0.3) is 11.1 Å². The van der Waals surface area contributed by atoms with Gasteiger partial charge in [0, 0.05) is 49.7 Å². The number of piperidine rings is 1. The van der Waals surface area contributed by atoms with Crippen LogP contribution in [-0.2, 0) is 15.7 Å². The number of nitrogens with zero attached hydrogens (tertiary/aromatic N) is 2. The zero-order valence-corrected chi connectivity index (χ0v) is 24.0. The zero-order valence-electron chi connectivity index (χ0n) is 24.0. The molecule has 0 saturated carbocycles. The van der Waals surface area contributed by atoms with Gasteiger partial charge >= 0.3 is 12.2 Å². The zero-order chi connectivity index (χ0) is 31.1. The Balaban J connectivity index is 1.19. The van der Waals surface area contributed by atoms with E-state index in [1.807, 2.05) is 42.5 Å². The van der Waals surface area contributed by atoms with Gasteiger partial charge in [-0.2, -0.15) is 13.2 Å². The number of rotatable bonds is 8. The van der Waals surface area contributed by atoms with Crippen LogP contribution in [0.1, 0.15) is 28.8 Å². The molecule has 12 heteroatoms. The van der Waals surface area contributed by atoms with E-state index in [-0.39, 0.29) is 17.5 Å². The number of hydrogen-bond acceptors (Lipinski definition) is 5. The van der Waals surface area contributed by atoms with Crippen LogP contribution in [0.15, 0.2) is 72.8 Å². The standard InChI is InChI=1S/C32H34F3N5O4/c33-32(34,35)23-9-11-24(12-10-23)37-31(43)38-28-6-3-16-40(30(28)42)25-13-7-22(8-14-25)26-4-1-2-5-27(26)29(41)36-15-17-39-18-20-44-21-19-39/h1-2,4-5,7-14,28H,3,6,15-21H2,(H,36,41)(H2,37,38,43)/t28-/m1/s1. The van der Waals surface area contributed by atoms with E-state index < -0.39 is 23.8 Å². The molecule has 3 N–H and O–H groups in total. The van der Waals surface area contributed by atoms with E-state index >= 15 is 0 Å². The summed E-state index contributed by atoms with van der Waals surface area (Å²) >= 11 is 0. The minimum Gasteiger partial charge on any atom is -0.379 e. The van der Waals surface area contributed by atoms with Crippen molar-refractivity contribution in [2.45, 2.75) is 25.1 Å². The fourth-order valence-corrected chi connectivity index (χ4v) is 5.33. The summed E-state index contributed by atoms with van der Waals surface area (Å²) in [5, 5.41) is 8.13. The van der Waals surface area contributed by atoms with Crippen LogP contribution < -0.4 is 20.9 Å². The van der Waals surface area contributed by atoms with Crippen molar-refractivity contribution < 1.29 is 32.3 Å². The highest BCUT2D eigenvalue weighted by Crippen LogP contribution is 2.30. The Hall–Kier alpha value is -4.42. The first-order valence-corrected chi connectivity index (χ1v) is 14.5. The van der Waals surface area contributed by atoms with Crippen LogP contribution in [0, 0.1) is 0 Å². The summed E-state index contributed by atoms with van der Waals surface area (Å²) in [7, 11) is 0. The van der Waals surface area contributed by atoms with Crippen molar-refractivity contribution in [1.29, 1.82) is 0 Å². The number of carbonyl (C=O) groups excluding carboxylic acids is 3. The summed E-state index contributed by atoms with van der Waals surface area (Å²) in [4.78, 5) is 42.7. The molecule has 3 aromatic rings. The number of morpholine rings is 1. The first-order valence-electron chi connectivity index (χ1n) is 14.5. The molecule has 9 nitrogen and oxygen atoms in total.